The zero-order valence-corrected chi connectivity index (χ0v) is 20.7. The third-order valence-electron chi connectivity index (χ3n) is 6.29. The number of halogens is 2. The van der Waals surface area contributed by atoms with E-state index in [4.69, 9.17) is 9.72 Å². The third kappa shape index (κ3) is 5.17. The van der Waals surface area contributed by atoms with Crippen LogP contribution in [0.4, 0.5) is 27.1 Å². The number of benzene rings is 3. The topological polar surface area (TPSA) is 106 Å². The van der Waals surface area contributed by atoms with Gasteiger partial charge in [0, 0.05) is 28.4 Å². The highest BCUT2D eigenvalue weighted by Crippen LogP contribution is 2.38. The van der Waals surface area contributed by atoms with Crippen LogP contribution in [-0.2, 0) is 12.8 Å². The molecule has 1 heterocycles. The summed E-state index contributed by atoms with van der Waals surface area (Å²) in [5.74, 6) is -0.873. The van der Waals surface area contributed by atoms with E-state index in [2.05, 4.69) is 10.6 Å². The number of nitro benzene ring substituents is 1. The van der Waals surface area contributed by atoms with Gasteiger partial charge in [0.1, 0.15) is 5.75 Å². The monoisotopic (exact) mass is 522 g/mol. The molecular formula is C27H24ClFN4O4. The molecule has 0 aliphatic heterocycles. The van der Waals surface area contributed by atoms with Crippen LogP contribution in [0.1, 0.15) is 34.5 Å². The number of nitrogens with one attached hydrogen (secondary N) is 2. The standard InChI is InChI=1S/C27H23FN4O4.ClH/c1-36-25-9-5-4-8-23(25)31-26-18-6-2-3-7-21(18)30-22-13-11-17(15-19(22)26)29-27(33)16-10-12-20(28)24(14-16)32(34)35;/h4-5,8-15H,2-3,6-7H2,1H3,(H,29,33)(H,30,31);1H. The summed E-state index contributed by atoms with van der Waals surface area (Å²) in [6, 6.07) is 16.1. The zero-order valence-electron chi connectivity index (χ0n) is 19.9. The quantitative estimate of drug-likeness (QED) is 0.218. The van der Waals surface area contributed by atoms with E-state index in [0.717, 1.165) is 71.4 Å². The van der Waals surface area contributed by atoms with Gasteiger partial charge < -0.3 is 15.4 Å². The van der Waals surface area contributed by atoms with E-state index >= 15 is 0 Å². The molecule has 3 aromatic carbocycles. The van der Waals surface area contributed by atoms with Crippen LogP contribution in [0.2, 0.25) is 0 Å². The van der Waals surface area contributed by atoms with Crippen molar-refractivity contribution >= 4 is 52.0 Å². The number of pyridine rings is 1. The number of carbonyl (C=O) groups excluding carboxylic acids is 1. The van der Waals surface area contributed by atoms with Gasteiger partial charge in [0.05, 0.1) is 28.9 Å². The van der Waals surface area contributed by atoms with E-state index in [0.29, 0.717) is 11.4 Å². The number of aromatic nitrogens is 1. The highest BCUT2D eigenvalue weighted by molar-refractivity contribution is 6.06. The van der Waals surface area contributed by atoms with Crippen LogP contribution in [0.25, 0.3) is 10.9 Å². The van der Waals surface area contributed by atoms with E-state index in [9.17, 15) is 19.3 Å². The van der Waals surface area contributed by atoms with Crippen LogP contribution >= 0.6 is 12.4 Å². The maximum atomic E-state index is 13.7. The van der Waals surface area contributed by atoms with E-state index < -0.39 is 22.3 Å². The number of aryl methyl sites for hydroxylation is 1. The van der Waals surface area contributed by atoms with Crippen LogP contribution in [-0.4, -0.2) is 22.9 Å². The molecule has 0 radical (unpaired) electrons. The van der Waals surface area contributed by atoms with Crippen LogP contribution in [0.5, 0.6) is 5.75 Å². The molecule has 5 rings (SSSR count). The maximum absolute atomic E-state index is 13.7. The Balaban J connectivity index is 0.00000320. The zero-order chi connectivity index (χ0) is 25.2. The molecule has 8 nitrogen and oxygen atoms in total. The highest BCUT2D eigenvalue weighted by Gasteiger charge is 2.21. The summed E-state index contributed by atoms with van der Waals surface area (Å²) in [4.78, 5) is 27.9. The first-order valence-corrected chi connectivity index (χ1v) is 11.6. The van der Waals surface area contributed by atoms with Gasteiger partial charge in [0.2, 0.25) is 5.82 Å². The summed E-state index contributed by atoms with van der Waals surface area (Å²) in [6.45, 7) is 0. The average Bonchev–Trinajstić information content (AvgIpc) is 2.89. The first kappa shape index (κ1) is 25.8. The van der Waals surface area contributed by atoms with Crippen molar-refractivity contribution in [2.24, 2.45) is 0 Å². The number of ether oxygens (including phenoxy) is 1. The number of nitro groups is 1. The second-order valence-electron chi connectivity index (χ2n) is 8.55. The average molecular weight is 523 g/mol. The van der Waals surface area contributed by atoms with Crippen molar-refractivity contribution in [1.29, 1.82) is 0 Å². The number of methoxy groups -OCH3 is 1. The van der Waals surface area contributed by atoms with Crippen molar-refractivity contribution in [2.75, 3.05) is 17.7 Å². The van der Waals surface area contributed by atoms with Gasteiger partial charge in [-0.15, -0.1) is 12.4 Å². The number of carbonyl (C=O) groups is 1. The fourth-order valence-corrected chi connectivity index (χ4v) is 4.52. The number of fused-ring (bicyclic) bond motifs is 2. The minimum atomic E-state index is -0.995. The molecular weight excluding hydrogens is 499 g/mol. The minimum absolute atomic E-state index is 0. The second kappa shape index (κ2) is 10.8. The molecule has 190 valence electrons. The first-order chi connectivity index (χ1) is 17.4. The fourth-order valence-electron chi connectivity index (χ4n) is 4.52. The number of nitrogens with zero attached hydrogens (tertiary/aromatic N) is 2. The Bertz CT molecular complexity index is 1510. The molecule has 1 aliphatic rings. The highest BCUT2D eigenvalue weighted by atomic mass is 35.5. The molecule has 0 atom stereocenters. The summed E-state index contributed by atoms with van der Waals surface area (Å²) >= 11 is 0. The minimum Gasteiger partial charge on any atom is -0.495 e. The van der Waals surface area contributed by atoms with Gasteiger partial charge in [-0.05, 0) is 73.7 Å². The Morgan fingerprint density at radius 3 is 2.65 bits per heavy atom. The van der Waals surface area contributed by atoms with Crippen LogP contribution < -0.4 is 15.4 Å². The van der Waals surface area contributed by atoms with Gasteiger partial charge in [-0.2, -0.15) is 4.39 Å². The Kier molecular flexibility index (Phi) is 7.54. The first-order valence-electron chi connectivity index (χ1n) is 11.6. The van der Waals surface area contributed by atoms with Gasteiger partial charge in [0.15, 0.2) is 0 Å². The lowest BCUT2D eigenvalue weighted by Crippen LogP contribution is -2.13. The van der Waals surface area contributed by atoms with E-state index in [-0.39, 0.29) is 18.0 Å². The Labute approximate surface area is 218 Å². The second-order valence-corrected chi connectivity index (χ2v) is 8.55. The van der Waals surface area contributed by atoms with Crippen molar-refractivity contribution in [2.45, 2.75) is 25.7 Å². The number of hydrogen-bond acceptors (Lipinski definition) is 6. The van der Waals surface area contributed by atoms with Gasteiger partial charge in [-0.1, -0.05) is 12.1 Å². The summed E-state index contributed by atoms with van der Waals surface area (Å²) in [7, 11) is 1.62. The SMILES string of the molecule is COc1ccccc1Nc1c2c(nc3ccc(NC(=O)c4ccc(F)c([N+](=O)[O-])c4)cc13)CCCC2.Cl. The predicted octanol–water partition coefficient (Wildman–Crippen LogP) is 6.59. The smallest absolute Gasteiger partial charge is 0.305 e. The number of rotatable bonds is 6. The van der Waals surface area contributed by atoms with Gasteiger partial charge in [0.25, 0.3) is 5.91 Å². The van der Waals surface area contributed by atoms with E-state index in [1.165, 1.54) is 6.07 Å². The summed E-state index contributed by atoms with van der Waals surface area (Å²) < 4.78 is 19.2. The predicted molar refractivity (Wildman–Crippen MR) is 143 cm³/mol. The molecule has 0 unspecified atom stereocenters. The number of para-hydroxylation sites is 2. The van der Waals surface area contributed by atoms with Gasteiger partial charge in [-0.25, -0.2) is 0 Å². The van der Waals surface area contributed by atoms with Crippen molar-refractivity contribution < 1.29 is 18.8 Å². The Morgan fingerprint density at radius 2 is 1.86 bits per heavy atom. The summed E-state index contributed by atoms with van der Waals surface area (Å²) in [6.07, 6.45) is 3.91. The number of amides is 1. The fraction of sp³-hybridized carbons (Fsp3) is 0.185. The maximum Gasteiger partial charge on any atom is 0.305 e. The van der Waals surface area contributed by atoms with Crippen molar-refractivity contribution in [3.63, 3.8) is 0 Å². The van der Waals surface area contributed by atoms with Gasteiger partial charge in [-0.3, -0.25) is 19.9 Å². The molecule has 1 amide bonds. The lowest BCUT2D eigenvalue weighted by molar-refractivity contribution is -0.387. The van der Waals surface area contributed by atoms with Crippen molar-refractivity contribution in [1.82, 2.24) is 4.98 Å². The molecule has 1 aliphatic carbocycles. The van der Waals surface area contributed by atoms with Crippen LogP contribution in [0, 0.1) is 15.9 Å². The molecule has 37 heavy (non-hydrogen) atoms. The van der Waals surface area contributed by atoms with Crippen LogP contribution in [0.15, 0.2) is 60.7 Å². The molecule has 4 aromatic rings. The van der Waals surface area contributed by atoms with Gasteiger partial charge >= 0.3 is 5.69 Å². The third-order valence-corrected chi connectivity index (χ3v) is 6.29. The van der Waals surface area contributed by atoms with Crippen molar-refractivity contribution in [3.8, 4) is 5.75 Å². The molecule has 0 bridgehead atoms. The molecule has 0 saturated carbocycles. The molecule has 1 aromatic heterocycles. The molecule has 0 saturated heterocycles. The van der Waals surface area contributed by atoms with Crippen molar-refractivity contribution in [3.05, 3.63) is 93.4 Å². The molecule has 10 heteroatoms. The Hall–Kier alpha value is -4.24. The molecule has 0 spiro atoms. The van der Waals surface area contributed by atoms with E-state index in [1.807, 2.05) is 36.4 Å². The summed E-state index contributed by atoms with van der Waals surface area (Å²) in [5, 5.41) is 18.2. The Morgan fingerprint density at radius 1 is 1.08 bits per heavy atom. The largest absolute Gasteiger partial charge is 0.495 e. The normalized spacial score (nSPS) is 12.3. The number of anilines is 3. The van der Waals surface area contributed by atoms with Crippen LogP contribution in [0.3, 0.4) is 0 Å². The lowest BCUT2D eigenvalue weighted by Gasteiger charge is -2.23. The molecule has 2 N–H and O–H groups in total. The summed E-state index contributed by atoms with van der Waals surface area (Å²) in [5.41, 5.74) is 4.42. The molecule has 0 fully saturated rings. The lowest BCUT2D eigenvalue weighted by atomic mass is 9.92. The van der Waals surface area contributed by atoms with E-state index in [1.54, 1.807) is 13.2 Å². The number of hydrogen-bond donors (Lipinski definition) is 2.